The lowest BCUT2D eigenvalue weighted by molar-refractivity contribution is -0.116. The molecule has 0 aliphatic carbocycles. The fourth-order valence-electron chi connectivity index (χ4n) is 2.39. The van der Waals surface area contributed by atoms with Crippen molar-refractivity contribution in [2.75, 3.05) is 18.4 Å². The van der Waals surface area contributed by atoms with Gasteiger partial charge in [-0.05, 0) is 26.0 Å². The second kappa shape index (κ2) is 5.96. The normalized spacial score (nSPS) is 21.4. The molecular formula is C14H15BrF3NO2. The number of carbonyl (C=O) groups is 1. The van der Waals surface area contributed by atoms with Gasteiger partial charge < -0.3 is 9.64 Å². The van der Waals surface area contributed by atoms with E-state index in [1.54, 1.807) is 0 Å². The Morgan fingerprint density at radius 1 is 1.38 bits per heavy atom. The van der Waals surface area contributed by atoms with Gasteiger partial charge >= 0.3 is 0 Å². The maximum atomic E-state index is 13.2. The van der Waals surface area contributed by atoms with E-state index in [0.29, 0.717) is 24.0 Å². The molecule has 21 heavy (non-hydrogen) atoms. The lowest BCUT2D eigenvalue weighted by Crippen LogP contribution is -2.55. The predicted octanol–water partition coefficient (Wildman–Crippen LogP) is 3.12. The summed E-state index contributed by atoms with van der Waals surface area (Å²) in [6.07, 6.45) is -0.215. The van der Waals surface area contributed by atoms with E-state index in [0.717, 1.165) is 0 Å². The van der Waals surface area contributed by atoms with Crippen LogP contribution in [0.15, 0.2) is 12.1 Å². The van der Waals surface area contributed by atoms with E-state index in [1.807, 2.05) is 13.8 Å². The lowest BCUT2D eigenvalue weighted by Gasteiger charge is -2.42. The van der Waals surface area contributed by atoms with Gasteiger partial charge in [0.25, 0.3) is 5.91 Å². The van der Waals surface area contributed by atoms with Gasteiger partial charge in [-0.2, -0.15) is 0 Å². The van der Waals surface area contributed by atoms with Crippen molar-refractivity contribution >= 4 is 21.8 Å². The van der Waals surface area contributed by atoms with Crippen LogP contribution >= 0.6 is 15.9 Å². The topological polar surface area (TPSA) is 29.5 Å². The number of benzene rings is 1. The largest absolute Gasteiger partial charge is 0.368 e. The number of hydrogen-bond acceptors (Lipinski definition) is 2. The molecule has 0 radical (unpaired) electrons. The van der Waals surface area contributed by atoms with E-state index < -0.39 is 29.0 Å². The molecular weight excluding hydrogens is 351 g/mol. The number of amides is 1. The van der Waals surface area contributed by atoms with E-state index in [1.165, 1.54) is 4.90 Å². The van der Waals surface area contributed by atoms with Crippen LogP contribution in [0, 0.1) is 17.5 Å². The van der Waals surface area contributed by atoms with Crippen molar-refractivity contribution in [1.82, 2.24) is 4.90 Å². The van der Waals surface area contributed by atoms with Crippen molar-refractivity contribution in [3.63, 3.8) is 0 Å². The Hall–Kier alpha value is -1.08. The Morgan fingerprint density at radius 3 is 2.48 bits per heavy atom. The van der Waals surface area contributed by atoms with Crippen LogP contribution in [0.1, 0.15) is 24.2 Å². The summed E-state index contributed by atoms with van der Waals surface area (Å²) < 4.78 is 45.2. The molecule has 1 atom stereocenters. The van der Waals surface area contributed by atoms with Gasteiger partial charge in [0.1, 0.15) is 0 Å². The number of ether oxygens (including phenoxy) is 1. The van der Waals surface area contributed by atoms with Crippen molar-refractivity contribution in [3.8, 4) is 0 Å². The Kier molecular flexibility index (Phi) is 4.63. The van der Waals surface area contributed by atoms with Gasteiger partial charge in [-0.3, -0.25) is 4.79 Å². The average Bonchev–Trinajstić information content (AvgIpc) is 2.41. The molecule has 2 rings (SSSR count). The number of alkyl halides is 1. The van der Waals surface area contributed by atoms with Crippen LogP contribution in [0.4, 0.5) is 13.2 Å². The van der Waals surface area contributed by atoms with E-state index in [2.05, 4.69) is 15.9 Å². The third-order valence-electron chi connectivity index (χ3n) is 3.17. The number of rotatable bonds is 2. The lowest BCUT2D eigenvalue weighted by atomic mass is 10.0. The van der Waals surface area contributed by atoms with Gasteiger partial charge in [0.05, 0.1) is 11.7 Å². The van der Waals surface area contributed by atoms with Crippen molar-refractivity contribution in [2.45, 2.75) is 25.6 Å². The van der Waals surface area contributed by atoms with Crippen molar-refractivity contribution < 1.29 is 22.7 Å². The Balaban J connectivity index is 2.27. The molecule has 0 spiro atoms. The van der Waals surface area contributed by atoms with Gasteiger partial charge in [0, 0.05) is 24.0 Å². The molecule has 1 aliphatic rings. The predicted molar refractivity (Wildman–Crippen MR) is 75.0 cm³/mol. The molecule has 0 saturated carbocycles. The zero-order valence-corrected chi connectivity index (χ0v) is 13.2. The van der Waals surface area contributed by atoms with E-state index in [9.17, 15) is 18.0 Å². The molecule has 7 heteroatoms. The first kappa shape index (κ1) is 16.3. The number of nitrogens with zero attached hydrogens (tertiary/aromatic N) is 1. The van der Waals surface area contributed by atoms with Crippen LogP contribution in [0.5, 0.6) is 0 Å². The number of morpholine rings is 1. The third-order valence-corrected chi connectivity index (χ3v) is 3.89. The quantitative estimate of drug-likeness (QED) is 0.595. The Labute approximate surface area is 129 Å². The summed E-state index contributed by atoms with van der Waals surface area (Å²) in [5.41, 5.74) is -0.777. The second-order valence-electron chi connectivity index (χ2n) is 5.59. The second-order valence-corrected chi connectivity index (χ2v) is 6.24. The highest BCUT2D eigenvalue weighted by Gasteiger charge is 2.35. The molecule has 1 aromatic rings. The average molecular weight is 366 g/mol. The van der Waals surface area contributed by atoms with E-state index in [4.69, 9.17) is 4.74 Å². The van der Waals surface area contributed by atoms with Crippen LogP contribution in [-0.2, 0) is 4.74 Å². The summed E-state index contributed by atoms with van der Waals surface area (Å²) in [4.78, 5) is 13.8. The van der Waals surface area contributed by atoms with E-state index in [-0.39, 0.29) is 18.2 Å². The van der Waals surface area contributed by atoms with Crippen molar-refractivity contribution in [1.29, 1.82) is 0 Å². The first-order valence-electron chi connectivity index (χ1n) is 6.41. The molecule has 0 bridgehead atoms. The Morgan fingerprint density at radius 2 is 1.95 bits per heavy atom. The molecule has 3 nitrogen and oxygen atoms in total. The molecule has 0 N–H and O–H groups in total. The van der Waals surface area contributed by atoms with Crippen LogP contribution in [-0.4, -0.2) is 40.9 Å². The van der Waals surface area contributed by atoms with Crippen molar-refractivity contribution in [2.24, 2.45) is 0 Å². The molecule has 0 aromatic heterocycles. The highest BCUT2D eigenvalue weighted by molar-refractivity contribution is 9.09. The van der Waals surface area contributed by atoms with Crippen LogP contribution in [0.2, 0.25) is 0 Å². The van der Waals surface area contributed by atoms with Gasteiger partial charge in [0.2, 0.25) is 0 Å². The highest BCUT2D eigenvalue weighted by Crippen LogP contribution is 2.24. The summed E-state index contributed by atoms with van der Waals surface area (Å²) in [6, 6.07) is 1.43. The minimum absolute atomic E-state index is 0.211. The molecule has 1 saturated heterocycles. The van der Waals surface area contributed by atoms with Crippen LogP contribution < -0.4 is 0 Å². The third kappa shape index (κ3) is 3.58. The van der Waals surface area contributed by atoms with Gasteiger partial charge in [-0.15, -0.1) is 0 Å². The minimum atomic E-state index is -1.58. The zero-order chi connectivity index (χ0) is 15.8. The summed E-state index contributed by atoms with van der Waals surface area (Å²) in [5, 5.41) is 0.534. The van der Waals surface area contributed by atoms with Crippen LogP contribution in [0.3, 0.4) is 0 Å². The number of hydrogen-bond donors (Lipinski definition) is 0. The molecule has 116 valence electrons. The van der Waals surface area contributed by atoms with Gasteiger partial charge in [0.15, 0.2) is 17.5 Å². The smallest absolute Gasteiger partial charge is 0.254 e. The Bertz CT molecular complexity index is 542. The maximum absolute atomic E-state index is 13.2. The van der Waals surface area contributed by atoms with Crippen LogP contribution in [0.25, 0.3) is 0 Å². The first-order valence-corrected chi connectivity index (χ1v) is 7.53. The monoisotopic (exact) mass is 365 g/mol. The summed E-state index contributed by atoms with van der Waals surface area (Å²) in [7, 11) is 0. The fraction of sp³-hybridized carbons (Fsp3) is 0.500. The fourth-order valence-corrected chi connectivity index (χ4v) is 2.73. The van der Waals surface area contributed by atoms with Gasteiger partial charge in [-0.25, -0.2) is 13.2 Å². The van der Waals surface area contributed by atoms with Crippen molar-refractivity contribution in [3.05, 3.63) is 35.1 Å². The molecule has 1 unspecified atom stereocenters. The molecule has 1 aromatic carbocycles. The molecule has 1 fully saturated rings. The SMILES string of the molecule is CC1(C)CN(C(=O)c2cc(F)c(F)c(F)c2)CC(CBr)O1. The maximum Gasteiger partial charge on any atom is 0.254 e. The summed E-state index contributed by atoms with van der Waals surface area (Å²) in [6.45, 7) is 4.24. The summed E-state index contributed by atoms with van der Waals surface area (Å²) in [5.74, 6) is -4.87. The molecule has 1 heterocycles. The van der Waals surface area contributed by atoms with E-state index >= 15 is 0 Å². The standard InChI is InChI=1S/C14H15BrF3NO2/c1-14(2)7-19(6-9(5-15)21-14)13(20)8-3-10(16)12(18)11(17)4-8/h3-4,9H,5-7H2,1-2H3. The first-order chi connectivity index (χ1) is 9.73. The molecule has 1 amide bonds. The van der Waals surface area contributed by atoms with Gasteiger partial charge in [-0.1, -0.05) is 15.9 Å². The highest BCUT2D eigenvalue weighted by atomic mass is 79.9. The number of halogens is 4. The molecule has 1 aliphatic heterocycles. The zero-order valence-electron chi connectivity index (χ0n) is 11.6. The number of carbonyl (C=O) groups excluding carboxylic acids is 1. The summed E-state index contributed by atoms with van der Waals surface area (Å²) >= 11 is 3.30. The minimum Gasteiger partial charge on any atom is -0.368 e.